The molecule has 6 nitrogen and oxygen atoms in total. The standard InChI is InChI=1S/C18H18ClN3O3S/c1-2-3-7-26(24,25)22-14-6-4-5-12(8-14)17(23)16-11-21-18-15(16)9-13(19)10-20-18/h4-6,8-11,22H,2-3,7H2,1H3,(H,20,21). The Bertz CT molecular complexity index is 1060. The van der Waals surface area contributed by atoms with Crippen LogP contribution < -0.4 is 4.72 Å². The number of rotatable bonds is 7. The highest BCUT2D eigenvalue weighted by Crippen LogP contribution is 2.24. The van der Waals surface area contributed by atoms with Crippen molar-refractivity contribution in [3.05, 3.63) is 58.9 Å². The largest absolute Gasteiger partial charge is 0.345 e. The van der Waals surface area contributed by atoms with Gasteiger partial charge in [0.15, 0.2) is 5.78 Å². The van der Waals surface area contributed by atoms with Gasteiger partial charge in [-0.05, 0) is 24.6 Å². The van der Waals surface area contributed by atoms with Crippen LogP contribution in [0, 0.1) is 0 Å². The van der Waals surface area contributed by atoms with Gasteiger partial charge >= 0.3 is 0 Å². The van der Waals surface area contributed by atoms with Crippen molar-refractivity contribution in [3.8, 4) is 0 Å². The van der Waals surface area contributed by atoms with Crippen molar-refractivity contribution in [2.45, 2.75) is 19.8 Å². The van der Waals surface area contributed by atoms with E-state index < -0.39 is 10.0 Å². The monoisotopic (exact) mass is 391 g/mol. The number of fused-ring (bicyclic) bond motifs is 1. The Hall–Kier alpha value is -2.38. The summed E-state index contributed by atoms with van der Waals surface area (Å²) >= 11 is 5.97. The predicted molar refractivity (Wildman–Crippen MR) is 103 cm³/mol. The lowest BCUT2D eigenvalue weighted by atomic mass is 10.0. The summed E-state index contributed by atoms with van der Waals surface area (Å²) in [7, 11) is -3.43. The molecular formula is C18H18ClN3O3S. The Labute approximate surface area is 156 Å². The van der Waals surface area contributed by atoms with Crippen LogP contribution in [0.1, 0.15) is 35.7 Å². The molecule has 0 aliphatic heterocycles. The van der Waals surface area contributed by atoms with Gasteiger partial charge in [-0.3, -0.25) is 9.52 Å². The molecule has 1 aromatic carbocycles. The number of carbonyl (C=O) groups excluding carboxylic acids is 1. The highest BCUT2D eigenvalue weighted by molar-refractivity contribution is 7.92. The maximum atomic E-state index is 12.9. The van der Waals surface area contributed by atoms with E-state index in [1.54, 1.807) is 30.5 Å². The molecule has 0 spiro atoms. The van der Waals surface area contributed by atoms with E-state index >= 15 is 0 Å². The number of halogens is 1. The number of pyridine rings is 1. The van der Waals surface area contributed by atoms with Crippen LogP contribution in [0.15, 0.2) is 42.7 Å². The molecule has 0 amide bonds. The van der Waals surface area contributed by atoms with Crippen LogP contribution in [0.3, 0.4) is 0 Å². The quantitative estimate of drug-likeness (QED) is 0.595. The zero-order valence-corrected chi connectivity index (χ0v) is 15.7. The second kappa shape index (κ2) is 7.47. The Morgan fingerprint density at radius 1 is 1.31 bits per heavy atom. The van der Waals surface area contributed by atoms with Gasteiger partial charge in [0.1, 0.15) is 5.65 Å². The average molecular weight is 392 g/mol. The average Bonchev–Trinajstić information content (AvgIpc) is 3.02. The molecule has 2 N–H and O–H groups in total. The summed E-state index contributed by atoms with van der Waals surface area (Å²) < 4.78 is 26.6. The Balaban J connectivity index is 1.90. The smallest absolute Gasteiger partial charge is 0.232 e. The topological polar surface area (TPSA) is 91.9 Å². The maximum absolute atomic E-state index is 12.9. The number of hydrogen-bond acceptors (Lipinski definition) is 4. The first-order valence-electron chi connectivity index (χ1n) is 8.17. The van der Waals surface area contributed by atoms with Crippen LogP contribution in [-0.4, -0.2) is 29.9 Å². The third-order valence-electron chi connectivity index (χ3n) is 3.91. The lowest BCUT2D eigenvalue weighted by Gasteiger charge is -2.09. The number of anilines is 1. The van der Waals surface area contributed by atoms with Crippen molar-refractivity contribution in [3.63, 3.8) is 0 Å². The molecule has 0 aliphatic carbocycles. The Morgan fingerprint density at radius 2 is 2.12 bits per heavy atom. The van der Waals surface area contributed by atoms with Crippen LogP contribution in [0.4, 0.5) is 5.69 Å². The van der Waals surface area contributed by atoms with E-state index in [1.807, 2.05) is 6.92 Å². The zero-order chi connectivity index (χ0) is 18.7. The minimum atomic E-state index is -3.43. The molecule has 0 saturated carbocycles. The van der Waals surface area contributed by atoms with Gasteiger partial charge in [-0.1, -0.05) is 37.1 Å². The summed E-state index contributed by atoms with van der Waals surface area (Å²) in [6, 6.07) is 8.11. The fraction of sp³-hybridized carbons (Fsp3) is 0.222. The number of aromatic nitrogens is 2. The molecule has 2 heterocycles. The van der Waals surface area contributed by atoms with Crippen LogP contribution >= 0.6 is 11.6 Å². The van der Waals surface area contributed by atoms with E-state index in [9.17, 15) is 13.2 Å². The minimum absolute atomic E-state index is 0.0499. The van der Waals surface area contributed by atoms with Crippen LogP contribution in [-0.2, 0) is 10.0 Å². The summed E-state index contributed by atoms with van der Waals surface area (Å²) in [6.07, 6.45) is 4.45. The zero-order valence-electron chi connectivity index (χ0n) is 14.1. The highest BCUT2D eigenvalue weighted by Gasteiger charge is 2.17. The molecule has 3 rings (SSSR count). The van der Waals surface area contributed by atoms with Crippen molar-refractivity contribution in [2.75, 3.05) is 10.5 Å². The number of nitrogens with one attached hydrogen (secondary N) is 2. The minimum Gasteiger partial charge on any atom is -0.345 e. The number of hydrogen-bond donors (Lipinski definition) is 2. The molecular weight excluding hydrogens is 374 g/mol. The van der Waals surface area contributed by atoms with Crippen molar-refractivity contribution < 1.29 is 13.2 Å². The Kier molecular flexibility index (Phi) is 5.29. The van der Waals surface area contributed by atoms with Crippen molar-refractivity contribution in [1.82, 2.24) is 9.97 Å². The van der Waals surface area contributed by atoms with Gasteiger partial charge in [-0.2, -0.15) is 0 Å². The second-order valence-corrected chi connectivity index (χ2v) is 8.21. The van der Waals surface area contributed by atoms with E-state index in [0.717, 1.165) is 6.42 Å². The van der Waals surface area contributed by atoms with E-state index in [4.69, 9.17) is 11.6 Å². The molecule has 3 aromatic rings. The van der Waals surface area contributed by atoms with E-state index in [2.05, 4.69) is 14.7 Å². The van der Waals surface area contributed by atoms with E-state index in [-0.39, 0.29) is 11.5 Å². The van der Waals surface area contributed by atoms with Crippen LogP contribution in [0.25, 0.3) is 11.0 Å². The highest BCUT2D eigenvalue weighted by atomic mass is 35.5. The fourth-order valence-corrected chi connectivity index (χ4v) is 4.02. The van der Waals surface area contributed by atoms with Gasteiger partial charge in [0, 0.05) is 34.6 Å². The van der Waals surface area contributed by atoms with Gasteiger partial charge in [0.25, 0.3) is 0 Å². The lowest BCUT2D eigenvalue weighted by molar-refractivity contribution is 0.104. The molecule has 8 heteroatoms. The number of benzene rings is 1. The number of unbranched alkanes of at least 4 members (excludes halogenated alkanes) is 1. The van der Waals surface area contributed by atoms with E-state index in [1.165, 1.54) is 12.3 Å². The predicted octanol–water partition coefficient (Wildman–Crippen LogP) is 3.99. The van der Waals surface area contributed by atoms with Crippen LogP contribution in [0.5, 0.6) is 0 Å². The summed E-state index contributed by atoms with van der Waals surface area (Å²) in [6.45, 7) is 1.93. The molecule has 0 saturated heterocycles. The molecule has 0 fully saturated rings. The first kappa shape index (κ1) is 18.4. The van der Waals surface area contributed by atoms with Crippen molar-refractivity contribution >= 4 is 44.1 Å². The molecule has 0 aliphatic rings. The molecule has 2 aromatic heterocycles. The third kappa shape index (κ3) is 4.05. The van der Waals surface area contributed by atoms with Crippen molar-refractivity contribution in [2.24, 2.45) is 0 Å². The number of sulfonamides is 1. The number of aromatic amines is 1. The lowest BCUT2D eigenvalue weighted by Crippen LogP contribution is -2.16. The second-order valence-electron chi connectivity index (χ2n) is 5.94. The third-order valence-corrected chi connectivity index (χ3v) is 5.49. The number of carbonyl (C=O) groups is 1. The maximum Gasteiger partial charge on any atom is 0.232 e. The normalized spacial score (nSPS) is 11.6. The summed E-state index contributed by atoms with van der Waals surface area (Å²) in [5, 5.41) is 1.06. The van der Waals surface area contributed by atoms with Crippen molar-refractivity contribution in [1.29, 1.82) is 0 Å². The molecule has 0 unspecified atom stereocenters. The number of nitrogens with zero attached hydrogens (tertiary/aromatic N) is 1. The van der Waals surface area contributed by atoms with Gasteiger partial charge in [-0.25, -0.2) is 13.4 Å². The SMILES string of the molecule is CCCCS(=O)(=O)Nc1cccc(C(=O)c2c[nH]c3ncc(Cl)cc23)c1. The molecule has 136 valence electrons. The Morgan fingerprint density at radius 3 is 2.88 bits per heavy atom. The summed E-state index contributed by atoms with van der Waals surface area (Å²) in [5.41, 5.74) is 1.74. The number of ketones is 1. The fourth-order valence-electron chi connectivity index (χ4n) is 2.61. The first-order valence-corrected chi connectivity index (χ1v) is 10.2. The summed E-state index contributed by atoms with van der Waals surface area (Å²) in [5.74, 6) is -0.191. The number of H-pyrrole nitrogens is 1. The van der Waals surface area contributed by atoms with E-state index in [0.29, 0.717) is 39.3 Å². The molecule has 26 heavy (non-hydrogen) atoms. The molecule has 0 bridgehead atoms. The van der Waals surface area contributed by atoms with Gasteiger partial charge in [-0.15, -0.1) is 0 Å². The first-order chi connectivity index (χ1) is 12.4. The molecule has 0 atom stereocenters. The van der Waals surface area contributed by atoms with Gasteiger partial charge in [0.2, 0.25) is 10.0 Å². The van der Waals surface area contributed by atoms with Crippen LogP contribution in [0.2, 0.25) is 5.02 Å². The summed E-state index contributed by atoms with van der Waals surface area (Å²) in [4.78, 5) is 19.9. The van der Waals surface area contributed by atoms with Gasteiger partial charge in [0.05, 0.1) is 10.8 Å². The molecule has 0 radical (unpaired) electrons. The van der Waals surface area contributed by atoms with Gasteiger partial charge < -0.3 is 4.98 Å².